The summed E-state index contributed by atoms with van der Waals surface area (Å²) in [7, 11) is 2.99. The molecule has 2 aliphatic heterocycles. The molecule has 0 spiro atoms. The summed E-state index contributed by atoms with van der Waals surface area (Å²) in [6.45, 7) is 1.48. The van der Waals surface area contributed by atoms with E-state index in [1.807, 2.05) is 0 Å². The van der Waals surface area contributed by atoms with Crippen LogP contribution >= 0.6 is 0 Å². The molecule has 8 nitrogen and oxygen atoms in total. The van der Waals surface area contributed by atoms with Crippen molar-refractivity contribution in [2.24, 2.45) is 11.1 Å². The Balaban J connectivity index is 1.88. The summed E-state index contributed by atoms with van der Waals surface area (Å²) in [5.74, 6) is -1.40. The number of allylic oxidation sites excluding steroid dienone is 1. The highest BCUT2D eigenvalue weighted by Crippen LogP contribution is 2.44. The normalized spacial score (nSPS) is 19.5. The van der Waals surface area contributed by atoms with Crippen LogP contribution < -0.4 is 20.1 Å². The summed E-state index contributed by atoms with van der Waals surface area (Å²) >= 11 is 0. The van der Waals surface area contributed by atoms with E-state index in [0.29, 0.717) is 17.1 Å². The highest BCUT2D eigenvalue weighted by Gasteiger charge is 2.53. The number of nitrogens with two attached hydrogens (primary N) is 1. The Morgan fingerprint density at radius 2 is 1.81 bits per heavy atom. The number of rotatable bonds is 5. The van der Waals surface area contributed by atoms with Gasteiger partial charge in [-0.1, -0.05) is 12.1 Å². The molecule has 11 heteroatoms. The SMILES string of the molecule is CC1=C(C(=O)N(C)C)CC(Cc2ccc3c(c2)OCO3)(C(N)=O)C(=O)N1c1cccc(C(F)(F)F)c1. The summed E-state index contributed by atoms with van der Waals surface area (Å²) < 4.78 is 51.0. The molecule has 2 heterocycles. The van der Waals surface area contributed by atoms with Gasteiger partial charge in [0.05, 0.1) is 5.56 Å². The fraction of sp³-hybridized carbons (Fsp3) is 0.320. The lowest BCUT2D eigenvalue weighted by molar-refractivity contribution is -0.141. The van der Waals surface area contributed by atoms with E-state index in [9.17, 15) is 27.6 Å². The van der Waals surface area contributed by atoms with Crippen LogP contribution in [0.5, 0.6) is 11.5 Å². The van der Waals surface area contributed by atoms with Crippen LogP contribution in [0.2, 0.25) is 0 Å². The molecule has 4 rings (SSSR count). The quantitative estimate of drug-likeness (QED) is 0.632. The fourth-order valence-corrected chi connectivity index (χ4v) is 4.46. The molecule has 0 bridgehead atoms. The molecule has 0 aliphatic carbocycles. The zero-order valence-electron chi connectivity index (χ0n) is 19.8. The van der Waals surface area contributed by atoms with Gasteiger partial charge in [-0.05, 0) is 49.2 Å². The lowest BCUT2D eigenvalue weighted by Crippen LogP contribution is -2.56. The van der Waals surface area contributed by atoms with Crippen molar-refractivity contribution in [1.29, 1.82) is 0 Å². The zero-order valence-corrected chi connectivity index (χ0v) is 19.8. The molecule has 2 aromatic rings. The van der Waals surface area contributed by atoms with E-state index in [2.05, 4.69) is 0 Å². The summed E-state index contributed by atoms with van der Waals surface area (Å²) in [5.41, 5.74) is 3.48. The third-order valence-electron chi connectivity index (χ3n) is 6.37. The molecule has 0 radical (unpaired) electrons. The zero-order chi connectivity index (χ0) is 26.4. The van der Waals surface area contributed by atoms with E-state index in [4.69, 9.17) is 15.2 Å². The molecular formula is C25H24F3N3O5. The molecule has 1 unspecified atom stereocenters. The summed E-state index contributed by atoms with van der Waals surface area (Å²) in [6, 6.07) is 9.01. The number of halogens is 3. The molecular weight excluding hydrogens is 479 g/mol. The number of amides is 3. The second-order valence-corrected chi connectivity index (χ2v) is 8.94. The monoisotopic (exact) mass is 503 g/mol. The van der Waals surface area contributed by atoms with Crippen molar-refractivity contribution < 1.29 is 37.0 Å². The lowest BCUT2D eigenvalue weighted by Gasteiger charge is -2.41. The standard InChI is InChI=1S/C25H24F3N3O5/c1-14-18(21(32)30(2)3)12-24(22(29)33,11-15-7-8-19-20(9-15)36-13-35-19)23(34)31(14)17-6-4-5-16(10-17)25(26,27)28/h4-10H,11-13H2,1-3H3,(H2,29,33). The molecule has 2 aliphatic rings. The minimum atomic E-state index is -4.66. The van der Waals surface area contributed by atoms with Gasteiger partial charge >= 0.3 is 6.18 Å². The van der Waals surface area contributed by atoms with Crippen molar-refractivity contribution in [3.63, 3.8) is 0 Å². The second kappa shape index (κ2) is 8.89. The van der Waals surface area contributed by atoms with Crippen molar-refractivity contribution in [3.8, 4) is 11.5 Å². The Morgan fingerprint density at radius 3 is 2.44 bits per heavy atom. The van der Waals surface area contributed by atoms with Gasteiger partial charge in [0.2, 0.25) is 18.6 Å². The van der Waals surface area contributed by atoms with Crippen LogP contribution in [0.15, 0.2) is 53.7 Å². The largest absolute Gasteiger partial charge is 0.454 e. The number of anilines is 1. The lowest BCUT2D eigenvalue weighted by atomic mass is 9.71. The van der Waals surface area contributed by atoms with Gasteiger partial charge in [0.25, 0.3) is 5.91 Å². The molecule has 36 heavy (non-hydrogen) atoms. The van der Waals surface area contributed by atoms with Crippen molar-refractivity contribution in [3.05, 3.63) is 64.9 Å². The Kier molecular flexibility index (Phi) is 6.19. The smallest absolute Gasteiger partial charge is 0.416 e. The minimum Gasteiger partial charge on any atom is -0.454 e. The Labute approximate surface area is 205 Å². The molecule has 3 amide bonds. The Bertz CT molecular complexity index is 1290. The number of primary amides is 1. The highest BCUT2D eigenvalue weighted by atomic mass is 19.4. The molecule has 0 fully saturated rings. The number of likely N-dealkylation sites (N-methyl/N-ethyl adjacent to an activating group) is 1. The van der Waals surface area contributed by atoms with Crippen molar-refractivity contribution in [1.82, 2.24) is 4.90 Å². The molecule has 0 aromatic heterocycles. The average molecular weight is 503 g/mol. The molecule has 2 N–H and O–H groups in total. The number of fused-ring (bicyclic) bond motifs is 1. The van der Waals surface area contributed by atoms with Gasteiger partial charge in [0, 0.05) is 37.5 Å². The van der Waals surface area contributed by atoms with Crippen molar-refractivity contribution in [2.75, 3.05) is 25.8 Å². The van der Waals surface area contributed by atoms with Gasteiger partial charge in [-0.25, -0.2) is 0 Å². The number of carbonyl (C=O) groups is 3. The van der Waals surface area contributed by atoms with Crippen LogP contribution in [0.1, 0.15) is 24.5 Å². The predicted molar refractivity (Wildman–Crippen MR) is 123 cm³/mol. The molecule has 2 aromatic carbocycles. The highest BCUT2D eigenvalue weighted by molar-refractivity contribution is 6.16. The number of ether oxygens (including phenoxy) is 2. The van der Waals surface area contributed by atoms with Crippen LogP contribution in [0.3, 0.4) is 0 Å². The average Bonchev–Trinajstić information content (AvgIpc) is 3.28. The van der Waals surface area contributed by atoms with Gasteiger partial charge in [-0.2, -0.15) is 13.2 Å². The first kappa shape index (κ1) is 25.1. The summed E-state index contributed by atoms with van der Waals surface area (Å²) in [6.07, 6.45) is -5.18. The summed E-state index contributed by atoms with van der Waals surface area (Å²) in [5, 5.41) is 0. The Morgan fingerprint density at radius 1 is 1.11 bits per heavy atom. The summed E-state index contributed by atoms with van der Waals surface area (Å²) in [4.78, 5) is 42.3. The third-order valence-corrected chi connectivity index (χ3v) is 6.37. The van der Waals surface area contributed by atoms with Gasteiger partial charge in [0.15, 0.2) is 11.5 Å². The van der Waals surface area contributed by atoms with Crippen LogP contribution in [0, 0.1) is 5.41 Å². The second-order valence-electron chi connectivity index (χ2n) is 8.94. The van der Waals surface area contributed by atoms with E-state index in [1.165, 1.54) is 32.0 Å². The number of nitrogens with zero attached hydrogens (tertiary/aromatic N) is 2. The Hall–Kier alpha value is -4.02. The van der Waals surface area contributed by atoms with E-state index < -0.39 is 34.9 Å². The topological polar surface area (TPSA) is 102 Å². The van der Waals surface area contributed by atoms with Gasteiger partial charge < -0.3 is 20.1 Å². The first-order chi connectivity index (χ1) is 16.8. The maximum atomic E-state index is 14.0. The molecule has 1 atom stereocenters. The number of alkyl halides is 3. The van der Waals surface area contributed by atoms with Gasteiger partial charge in [-0.15, -0.1) is 0 Å². The maximum Gasteiger partial charge on any atom is 0.416 e. The fourth-order valence-electron chi connectivity index (χ4n) is 4.46. The minimum absolute atomic E-state index is 0.0193. The first-order valence-corrected chi connectivity index (χ1v) is 11.0. The molecule has 190 valence electrons. The molecule has 0 saturated heterocycles. The number of hydrogen-bond acceptors (Lipinski definition) is 5. The third kappa shape index (κ3) is 4.25. The maximum absolute atomic E-state index is 14.0. The van der Waals surface area contributed by atoms with E-state index in [0.717, 1.165) is 23.1 Å². The first-order valence-electron chi connectivity index (χ1n) is 11.0. The van der Waals surface area contributed by atoms with Crippen LogP contribution in [-0.4, -0.2) is 43.5 Å². The van der Waals surface area contributed by atoms with E-state index >= 15 is 0 Å². The van der Waals surface area contributed by atoms with Crippen LogP contribution in [0.25, 0.3) is 0 Å². The number of hydrogen-bond donors (Lipinski definition) is 1. The van der Waals surface area contributed by atoms with Gasteiger partial charge in [0.1, 0.15) is 5.41 Å². The van der Waals surface area contributed by atoms with Crippen molar-refractivity contribution in [2.45, 2.75) is 25.9 Å². The van der Waals surface area contributed by atoms with E-state index in [-0.39, 0.29) is 36.6 Å². The predicted octanol–water partition coefficient (Wildman–Crippen LogP) is 3.25. The van der Waals surface area contributed by atoms with Crippen molar-refractivity contribution >= 4 is 23.4 Å². The van der Waals surface area contributed by atoms with E-state index in [1.54, 1.807) is 18.2 Å². The number of carbonyl (C=O) groups excluding carboxylic acids is 3. The van der Waals surface area contributed by atoms with Crippen LogP contribution in [-0.2, 0) is 27.0 Å². The molecule has 0 saturated carbocycles. The van der Waals surface area contributed by atoms with Gasteiger partial charge in [-0.3, -0.25) is 19.3 Å². The van der Waals surface area contributed by atoms with Crippen LogP contribution in [0.4, 0.5) is 18.9 Å². The number of benzene rings is 2.